The van der Waals surface area contributed by atoms with E-state index >= 15 is 0 Å². The molecule has 0 radical (unpaired) electrons. The van der Waals surface area contributed by atoms with Crippen LogP contribution in [0.3, 0.4) is 0 Å². The fourth-order valence-electron chi connectivity index (χ4n) is 1.61. The third kappa shape index (κ3) is 3.94. The summed E-state index contributed by atoms with van der Waals surface area (Å²) in [4.78, 5) is 17.5. The Hall–Kier alpha value is -2.78. The van der Waals surface area contributed by atoms with E-state index in [0.29, 0.717) is 24.5 Å². The van der Waals surface area contributed by atoms with Gasteiger partial charge >= 0.3 is 12.1 Å². The first kappa shape index (κ1) is 17.6. The molecule has 0 spiro atoms. The number of benzene rings is 1. The first-order valence-electron chi connectivity index (χ1n) is 6.45. The number of aromatic nitrogens is 2. The molecule has 1 aromatic carbocycles. The molecule has 1 aromatic heterocycles. The molecule has 0 saturated heterocycles. The van der Waals surface area contributed by atoms with E-state index in [1.165, 1.54) is 6.92 Å². The molecule has 0 atom stereocenters. The lowest BCUT2D eigenvalue weighted by Crippen LogP contribution is -2.10. The Morgan fingerprint density at radius 2 is 1.75 bits per heavy atom. The van der Waals surface area contributed by atoms with E-state index in [1.807, 2.05) is 0 Å². The Morgan fingerprint density at radius 1 is 1.12 bits per heavy atom. The van der Waals surface area contributed by atoms with Crippen molar-refractivity contribution in [1.82, 2.24) is 9.97 Å². The van der Waals surface area contributed by atoms with Crippen molar-refractivity contribution < 1.29 is 36.2 Å². The molecule has 128 valence electrons. The molecule has 2 rings (SSSR count). The molecular formula is C14H9F5N2O3. The van der Waals surface area contributed by atoms with Gasteiger partial charge in [0.1, 0.15) is 5.82 Å². The summed E-state index contributed by atoms with van der Waals surface area (Å²) in [5.41, 5.74) is -0.634. The summed E-state index contributed by atoms with van der Waals surface area (Å²) in [6, 6.07) is 1.13. The second-order valence-electron chi connectivity index (χ2n) is 4.33. The molecule has 2 aromatic rings. The highest BCUT2D eigenvalue weighted by Gasteiger charge is 2.34. The fraction of sp³-hybridized carbons (Fsp3) is 0.214. The van der Waals surface area contributed by atoms with Crippen LogP contribution in [0.2, 0.25) is 0 Å². The molecule has 0 N–H and O–H groups in total. The maximum absolute atomic E-state index is 13.9. The highest BCUT2D eigenvalue weighted by Crippen LogP contribution is 2.29. The van der Waals surface area contributed by atoms with E-state index in [4.69, 9.17) is 4.74 Å². The molecule has 0 saturated carbocycles. The average Bonchev–Trinajstić information content (AvgIpc) is 2.50. The van der Waals surface area contributed by atoms with E-state index in [0.717, 1.165) is 0 Å². The van der Waals surface area contributed by atoms with E-state index in [-0.39, 0.29) is 12.4 Å². The zero-order valence-corrected chi connectivity index (χ0v) is 12.0. The van der Waals surface area contributed by atoms with Gasteiger partial charge in [-0.1, -0.05) is 0 Å². The zero-order valence-electron chi connectivity index (χ0n) is 12.0. The number of nitrogens with zero attached hydrogens (tertiary/aromatic N) is 2. The minimum absolute atomic E-state index is 0.0267. The van der Waals surface area contributed by atoms with Crippen LogP contribution in [0, 0.1) is 11.6 Å². The van der Waals surface area contributed by atoms with Crippen LogP contribution in [0.1, 0.15) is 23.1 Å². The van der Waals surface area contributed by atoms with Crippen LogP contribution in [0.25, 0.3) is 0 Å². The molecule has 0 aliphatic rings. The molecule has 0 unspecified atom stereocenters. The largest absolute Gasteiger partial charge is 0.462 e. The van der Waals surface area contributed by atoms with Gasteiger partial charge in [0.05, 0.1) is 24.6 Å². The molecule has 1 heterocycles. The van der Waals surface area contributed by atoms with Crippen LogP contribution < -0.4 is 4.74 Å². The van der Waals surface area contributed by atoms with Crippen LogP contribution in [0.4, 0.5) is 22.0 Å². The van der Waals surface area contributed by atoms with E-state index in [2.05, 4.69) is 14.7 Å². The van der Waals surface area contributed by atoms with Gasteiger partial charge in [-0.2, -0.15) is 13.2 Å². The third-order valence-electron chi connectivity index (χ3n) is 2.63. The second-order valence-corrected chi connectivity index (χ2v) is 4.33. The maximum Gasteiger partial charge on any atom is 0.451 e. The number of esters is 1. The standard InChI is InChI=1S/C14H9F5N2O3/c1-2-23-12(22)8-3-10(16)11(4-9(8)15)24-7-5-20-13(21-6-7)14(17,18)19/h3-6H,2H2,1H3. The summed E-state index contributed by atoms with van der Waals surface area (Å²) < 4.78 is 74.1. The highest BCUT2D eigenvalue weighted by molar-refractivity contribution is 5.89. The van der Waals surface area contributed by atoms with Crippen molar-refractivity contribution in [3.05, 3.63) is 47.5 Å². The topological polar surface area (TPSA) is 61.3 Å². The summed E-state index contributed by atoms with van der Waals surface area (Å²) in [6.07, 6.45) is -3.42. The van der Waals surface area contributed by atoms with Gasteiger partial charge in [0.2, 0.25) is 5.82 Å². The van der Waals surface area contributed by atoms with Crippen molar-refractivity contribution in [2.45, 2.75) is 13.1 Å². The van der Waals surface area contributed by atoms with Crippen molar-refractivity contribution in [3.63, 3.8) is 0 Å². The minimum Gasteiger partial charge on any atom is -0.462 e. The van der Waals surface area contributed by atoms with E-state index in [9.17, 15) is 26.7 Å². The molecule has 5 nitrogen and oxygen atoms in total. The number of carbonyl (C=O) groups is 1. The van der Waals surface area contributed by atoms with Crippen LogP contribution >= 0.6 is 0 Å². The fourth-order valence-corrected chi connectivity index (χ4v) is 1.61. The Morgan fingerprint density at radius 3 is 2.29 bits per heavy atom. The summed E-state index contributed by atoms with van der Waals surface area (Å²) in [5.74, 6) is -5.68. The summed E-state index contributed by atoms with van der Waals surface area (Å²) in [7, 11) is 0. The predicted octanol–water partition coefficient (Wildman–Crippen LogP) is 3.74. The first-order valence-corrected chi connectivity index (χ1v) is 6.45. The molecule has 0 aliphatic carbocycles. The number of hydrogen-bond donors (Lipinski definition) is 0. The smallest absolute Gasteiger partial charge is 0.451 e. The van der Waals surface area contributed by atoms with Gasteiger partial charge in [0, 0.05) is 6.07 Å². The summed E-state index contributed by atoms with van der Waals surface area (Å²) in [6.45, 7) is 1.47. The van der Waals surface area contributed by atoms with Crippen LogP contribution in [0.5, 0.6) is 11.5 Å². The zero-order chi connectivity index (χ0) is 17.9. The molecular weight excluding hydrogens is 339 g/mol. The average molecular weight is 348 g/mol. The Labute approximate surface area is 132 Å². The van der Waals surface area contributed by atoms with Crippen molar-refractivity contribution >= 4 is 5.97 Å². The van der Waals surface area contributed by atoms with Gasteiger partial charge in [-0.15, -0.1) is 0 Å². The monoisotopic (exact) mass is 348 g/mol. The summed E-state index contributed by atoms with van der Waals surface area (Å²) >= 11 is 0. The van der Waals surface area contributed by atoms with Crippen LogP contribution in [-0.2, 0) is 10.9 Å². The van der Waals surface area contributed by atoms with Gasteiger partial charge in [0.25, 0.3) is 0 Å². The lowest BCUT2D eigenvalue weighted by molar-refractivity contribution is -0.145. The van der Waals surface area contributed by atoms with Gasteiger partial charge in [-0.05, 0) is 13.0 Å². The van der Waals surface area contributed by atoms with Crippen LogP contribution in [-0.4, -0.2) is 22.5 Å². The molecule has 0 aliphatic heterocycles. The van der Waals surface area contributed by atoms with Crippen molar-refractivity contribution in [3.8, 4) is 11.5 Å². The Balaban J connectivity index is 2.24. The number of carbonyl (C=O) groups excluding carboxylic acids is 1. The quantitative estimate of drug-likeness (QED) is 0.622. The minimum atomic E-state index is -4.74. The van der Waals surface area contributed by atoms with E-state index in [1.54, 1.807) is 0 Å². The number of alkyl halides is 3. The predicted molar refractivity (Wildman–Crippen MR) is 69.4 cm³/mol. The Bertz CT molecular complexity index is 747. The van der Waals surface area contributed by atoms with Gasteiger partial charge in [-0.25, -0.2) is 23.5 Å². The second kappa shape index (κ2) is 6.77. The number of ether oxygens (including phenoxy) is 2. The van der Waals surface area contributed by atoms with Gasteiger partial charge in [0.15, 0.2) is 17.3 Å². The normalized spacial score (nSPS) is 11.2. The van der Waals surface area contributed by atoms with Crippen molar-refractivity contribution in [2.24, 2.45) is 0 Å². The van der Waals surface area contributed by atoms with Crippen LogP contribution in [0.15, 0.2) is 24.5 Å². The maximum atomic E-state index is 13.9. The SMILES string of the molecule is CCOC(=O)c1cc(F)c(Oc2cnc(C(F)(F)F)nc2)cc1F. The Kier molecular flexibility index (Phi) is 4.96. The molecule has 0 amide bonds. The number of rotatable bonds is 4. The number of halogens is 5. The van der Waals surface area contributed by atoms with E-state index < -0.39 is 40.9 Å². The third-order valence-corrected chi connectivity index (χ3v) is 2.63. The number of hydrogen-bond acceptors (Lipinski definition) is 5. The molecule has 0 fully saturated rings. The molecule has 24 heavy (non-hydrogen) atoms. The highest BCUT2D eigenvalue weighted by atomic mass is 19.4. The first-order chi connectivity index (χ1) is 11.2. The molecule has 0 bridgehead atoms. The van der Waals surface area contributed by atoms with Crippen molar-refractivity contribution in [1.29, 1.82) is 0 Å². The van der Waals surface area contributed by atoms with Gasteiger partial charge in [-0.3, -0.25) is 0 Å². The summed E-state index contributed by atoms with van der Waals surface area (Å²) in [5, 5.41) is 0. The lowest BCUT2D eigenvalue weighted by Gasteiger charge is -2.10. The lowest BCUT2D eigenvalue weighted by atomic mass is 10.2. The van der Waals surface area contributed by atoms with Gasteiger partial charge < -0.3 is 9.47 Å². The molecule has 10 heteroatoms. The van der Waals surface area contributed by atoms with Crippen molar-refractivity contribution in [2.75, 3.05) is 6.61 Å².